The quantitative estimate of drug-likeness (QED) is 0.750. The van der Waals surface area contributed by atoms with Gasteiger partial charge in [0, 0.05) is 30.7 Å². The lowest BCUT2D eigenvalue weighted by molar-refractivity contribution is 1.07. The van der Waals surface area contributed by atoms with Gasteiger partial charge in [-0.15, -0.1) is 0 Å². The molecule has 0 aliphatic heterocycles. The van der Waals surface area contributed by atoms with Crippen LogP contribution >= 0.6 is 0 Å². The highest BCUT2D eigenvalue weighted by Gasteiger charge is 2.04. The zero-order valence-electron chi connectivity index (χ0n) is 13.2. The molecular weight excluding hydrogens is 286 g/mol. The van der Waals surface area contributed by atoms with E-state index in [0.717, 1.165) is 22.9 Å². The molecule has 0 saturated carbocycles. The molecule has 0 atom stereocenters. The van der Waals surface area contributed by atoms with Crippen LogP contribution in [0.3, 0.4) is 0 Å². The van der Waals surface area contributed by atoms with E-state index in [2.05, 4.69) is 57.6 Å². The monoisotopic (exact) mass is 305 g/mol. The average molecular weight is 305 g/mol. The number of para-hydroxylation sites is 1. The second kappa shape index (κ2) is 6.87. The molecule has 2 N–H and O–H groups in total. The number of hydrogen-bond donors (Lipinski definition) is 2. The van der Waals surface area contributed by atoms with Crippen LogP contribution in [0.15, 0.2) is 55.1 Å². The highest BCUT2D eigenvalue weighted by atomic mass is 15.1. The Kier molecular flexibility index (Phi) is 4.47. The van der Waals surface area contributed by atoms with Gasteiger partial charge in [-0.3, -0.25) is 4.98 Å². The van der Waals surface area contributed by atoms with Crippen molar-refractivity contribution in [1.82, 2.24) is 15.0 Å². The van der Waals surface area contributed by atoms with Gasteiger partial charge in [0.05, 0.1) is 0 Å². The van der Waals surface area contributed by atoms with Crippen molar-refractivity contribution < 1.29 is 0 Å². The summed E-state index contributed by atoms with van der Waals surface area (Å²) in [4.78, 5) is 12.7. The van der Waals surface area contributed by atoms with Gasteiger partial charge in [0.15, 0.2) is 0 Å². The van der Waals surface area contributed by atoms with Crippen LogP contribution in [-0.4, -0.2) is 15.0 Å². The van der Waals surface area contributed by atoms with Crippen LogP contribution < -0.4 is 10.6 Å². The molecule has 3 aromatic rings. The SMILES string of the molecule is Cc1cccc(C)c1Nc1cc(NCc2cccnc2)ncn1. The number of hydrogen-bond acceptors (Lipinski definition) is 5. The van der Waals surface area contributed by atoms with Crippen LogP contribution in [0, 0.1) is 13.8 Å². The van der Waals surface area contributed by atoms with Gasteiger partial charge in [-0.1, -0.05) is 24.3 Å². The normalized spacial score (nSPS) is 10.3. The number of rotatable bonds is 5. The molecule has 0 saturated heterocycles. The summed E-state index contributed by atoms with van der Waals surface area (Å²) in [5.41, 5.74) is 4.57. The Labute approximate surface area is 135 Å². The third-order valence-electron chi connectivity index (χ3n) is 3.60. The smallest absolute Gasteiger partial charge is 0.135 e. The molecule has 0 amide bonds. The summed E-state index contributed by atoms with van der Waals surface area (Å²) >= 11 is 0. The molecule has 0 aliphatic carbocycles. The maximum absolute atomic E-state index is 4.30. The second-order valence-corrected chi connectivity index (χ2v) is 5.40. The maximum atomic E-state index is 4.30. The molecule has 116 valence electrons. The van der Waals surface area contributed by atoms with Crippen LogP contribution in [0.1, 0.15) is 16.7 Å². The standard InChI is InChI=1S/C18H19N5/c1-13-5-3-6-14(2)18(13)23-17-9-16(21-12-22-17)20-11-15-7-4-8-19-10-15/h3-10,12H,11H2,1-2H3,(H2,20,21,22,23). The molecule has 2 heterocycles. The molecule has 0 aliphatic rings. The zero-order chi connectivity index (χ0) is 16.1. The van der Waals surface area contributed by atoms with Gasteiger partial charge in [-0.2, -0.15) is 0 Å². The molecule has 0 bridgehead atoms. The molecule has 5 nitrogen and oxygen atoms in total. The van der Waals surface area contributed by atoms with Gasteiger partial charge in [-0.05, 0) is 36.6 Å². The molecule has 0 fully saturated rings. The minimum Gasteiger partial charge on any atom is -0.366 e. The van der Waals surface area contributed by atoms with Crippen molar-refractivity contribution in [1.29, 1.82) is 0 Å². The minimum atomic E-state index is 0.674. The van der Waals surface area contributed by atoms with Crippen molar-refractivity contribution >= 4 is 17.3 Å². The van der Waals surface area contributed by atoms with Gasteiger partial charge >= 0.3 is 0 Å². The predicted molar refractivity (Wildman–Crippen MR) is 92.8 cm³/mol. The average Bonchev–Trinajstić information content (AvgIpc) is 2.58. The number of benzene rings is 1. The van der Waals surface area contributed by atoms with Crippen molar-refractivity contribution in [3.05, 3.63) is 71.8 Å². The third kappa shape index (κ3) is 3.83. The minimum absolute atomic E-state index is 0.674. The fourth-order valence-electron chi connectivity index (χ4n) is 2.36. The first-order chi connectivity index (χ1) is 11.2. The zero-order valence-corrected chi connectivity index (χ0v) is 13.2. The molecule has 0 unspecified atom stereocenters. The van der Waals surface area contributed by atoms with Gasteiger partial charge in [-0.25, -0.2) is 9.97 Å². The van der Waals surface area contributed by atoms with E-state index in [1.165, 1.54) is 11.1 Å². The molecule has 5 heteroatoms. The van der Waals surface area contributed by atoms with E-state index in [4.69, 9.17) is 0 Å². The highest BCUT2D eigenvalue weighted by molar-refractivity contribution is 5.65. The summed E-state index contributed by atoms with van der Waals surface area (Å²) < 4.78 is 0. The fourth-order valence-corrected chi connectivity index (χ4v) is 2.36. The van der Waals surface area contributed by atoms with Crippen LogP contribution in [-0.2, 0) is 6.54 Å². The molecule has 1 aromatic carbocycles. The summed E-state index contributed by atoms with van der Waals surface area (Å²) in [6, 6.07) is 12.1. The van der Waals surface area contributed by atoms with Crippen molar-refractivity contribution in [3.63, 3.8) is 0 Å². The Morgan fingerprint density at radius 2 is 1.74 bits per heavy atom. The lowest BCUT2D eigenvalue weighted by Crippen LogP contribution is -2.04. The maximum Gasteiger partial charge on any atom is 0.135 e. The number of nitrogens with zero attached hydrogens (tertiary/aromatic N) is 3. The lowest BCUT2D eigenvalue weighted by Gasteiger charge is -2.12. The van der Waals surface area contributed by atoms with E-state index in [-0.39, 0.29) is 0 Å². The van der Waals surface area contributed by atoms with Gasteiger partial charge in [0.25, 0.3) is 0 Å². The Morgan fingerprint density at radius 3 is 2.48 bits per heavy atom. The fraction of sp³-hybridized carbons (Fsp3) is 0.167. The Hall–Kier alpha value is -2.95. The number of aryl methyl sites for hydroxylation is 2. The Bertz CT molecular complexity index is 766. The summed E-state index contributed by atoms with van der Waals surface area (Å²) in [5.74, 6) is 1.55. The first-order valence-electron chi connectivity index (χ1n) is 7.50. The van der Waals surface area contributed by atoms with Crippen molar-refractivity contribution in [2.75, 3.05) is 10.6 Å². The number of pyridine rings is 1. The number of aromatic nitrogens is 3. The number of nitrogens with one attached hydrogen (secondary N) is 2. The van der Waals surface area contributed by atoms with Crippen molar-refractivity contribution in [3.8, 4) is 0 Å². The van der Waals surface area contributed by atoms with Gasteiger partial charge < -0.3 is 10.6 Å². The summed E-state index contributed by atoms with van der Waals surface area (Å²) in [5, 5.41) is 6.66. The van der Waals surface area contributed by atoms with Crippen LogP contribution in [0.5, 0.6) is 0 Å². The largest absolute Gasteiger partial charge is 0.366 e. The second-order valence-electron chi connectivity index (χ2n) is 5.40. The Morgan fingerprint density at radius 1 is 0.957 bits per heavy atom. The van der Waals surface area contributed by atoms with E-state index in [9.17, 15) is 0 Å². The predicted octanol–water partition coefficient (Wildman–Crippen LogP) is 3.84. The lowest BCUT2D eigenvalue weighted by atomic mass is 10.1. The van der Waals surface area contributed by atoms with Gasteiger partial charge in [0.2, 0.25) is 0 Å². The van der Waals surface area contributed by atoms with Crippen molar-refractivity contribution in [2.24, 2.45) is 0 Å². The molecule has 0 spiro atoms. The number of anilines is 3. The highest BCUT2D eigenvalue weighted by Crippen LogP contribution is 2.23. The van der Waals surface area contributed by atoms with E-state index in [1.54, 1.807) is 12.5 Å². The van der Waals surface area contributed by atoms with Crippen LogP contribution in [0.2, 0.25) is 0 Å². The summed E-state index contributed by atoms with van der Waals surface area (Å²) in [6.45, 7) is 4.84. The van der Waals surface area contributed by atoms with Crippen molar-refractivity contribution in [2.45, 2.75) is 20.4 Å². The first kappa shape index (κ1) is 15.0. The molecule has 3 rings (SSSR count). The van der Waals surface area contributed by atoms with Crippen LogP contribution in [0.25, 0.3) is 0 Å². The summed E-state index contributed by atoms with van der Waals surface area (Å²) in [7, 11) is 0. The molecule has 0 radical (unpaired) electrons. The topological polar surface area (TPSA) is 62.7 Å². The molecule has 23 heavy (non-hydrogen) atoms. The molecular formula is C18H19N5. The van der Waals surface area contributed by atoms with E-state index < -0.39 is 0 Å². The Balaban J connectivity index is 1.72. The summed E-state index contributed by atoms with van der Waals surface area (Å²) in [6.07, 6.45) is 5.16. The van der Waals surface area contributed by atoms with Gasteiger partial charge in [0.1, 0.15) is 18.0 Å². The van der Waals surface area contributed by atoms with E-state index in [0.29, 0.717) is 6.54 Å². The van der Waals surface area contributed by atoms with E-state index in [1.807, 2.05) is 24.4 Å². The first-order valence-corrected chi connectivity index (χ1v) is 7.50. The molecule has 2 aromatic heterocycles. The van der Waals surface area contributed by atoms with Crippen LogP contribution in [0.4, 0.5) is 17.3 Å². The third-order valence-corrected chi connectivity index (χ3v) is 3.60. The van der Waals surface area contributed by atoms with E-state index >= 15 is 0 Å².